The molecule has 4 nitrogen and oxygen atoms in total. The van der Waals surface area contributed by atoms with Gasteiger partial charge in [-0.3, -0.25) is 0 Å². The third-order valence-corrected chi connectivity index (χ3v) is 2.74. The van der Waals surface area contributed by atoms with Crippen molar-refractivity contribution in [3.05, 3.63) is 36.7 Å². The second-order valence-corrected chi connectivity index (χ2v) is 4.61. The second-order valence-electron chi connectivity index (χ2n) is 2.75. The van der Waals surface area contributed by atoms with Crippen molar-refractivity contribution in [3.63, 3.8) is 0 Å². The summed E-state index contributed by atoms with van der Waals surface area (Å²) in [4.78, 5) is 0. The van der Waals surface area contributed by atoms with Gasteiger partial charge in [-0.05, 0) is 12.1 Å². The summed E-state index contributed by atoms with van der Waals surface area (Å²) in [6, 6.07) is 2.84. The van der Waals surface area contributed by atoms with Gasteiger partial charge in [-0.25, -0.2) is 12.4 Å². The van der Waals surface area contributed by atoms with Gasteiger partial charge in [0.15, 0.2) is 0 Å². The van der Waals surface area contributed by atoms with Gasteiger partial charge < -0.3 is 5.73 Å². The van der Waals surface area contributed by atoms with Gasteiger partial charge in [0.05, 0.1) is 18.0 Å². The van der Waals surface area contributed by atoms with E-state index in [4.69, 9.17) is 5.73 Å². The van der Waals surface area contributed by atoms with Crippen LogP contribution in [-0.4, -0.2) is 18.6 Å². The molecule has 1 aromatic rings. The van der Waals surface area contributed by atoms with Crippen LogP contribution in [0.15, 0.2) is 31.0 Å². The van der Waals surface area contributed by atoms with Gasteiger partial charge in [0.2, 0.25) is 10.0 Å². The molecule has 5 heteroatoms. The molecule has 0 aliphatic heterocycles. The Labute approximate surface area is 77.7 Å². The molecule has 0 aromatic carbocycles. The van der Waals surface area contributed by atoms with Crippen LogP contribution in [0.2, 0.25) is 0 Å². The zero-order chi connectivity index (χ0) is 10.1. The largest absolute Gasteiger partial charge is 0.320 e. The Bertz CT molecular complexity index is 406. The van der Waals surface area contributed by atoms with Crippen LogP contribution in [0.4, 0.5) is 0 Å². The molecular weight excluding hydrogens is 188 g/mol. The minimum Gasteiger partial charge on any atom is -0.320 e. The molecule has 0 aliphatic carbocycles. The summed E-state index contributed by atoms with van der Waals surface area (Å²) in [6.07, 6.45) is 4.09. The molecular formula is C8H12N2O2S. The highest BCUT2D eigenvalue weighted by Crippen LogP contribution is 2.13. The normalized spacial score (nSPS) is 14.0. The quantitative estimate of drug-likeness (QED) is 0.722. The van der Waals surface area contributed by atoms with Gasteiger partial charge in [0.25, 0.3) is 0 Å². The van der Waals surface area contributed by atoms with Crippen molar-refractivity contribution in [3.8, 4) is 0 Å². The Morgan fingerprint density at radius 3 is 2.77 bits per heavy atom. The number of aromatic nitrogens is 1. The van der Waals surface area contributed by atoms with Crippen LogP contribution in [0.1, 0.15) is 11.7 Å². The van der Waals surface area contributed by atoms with Gasteiger partial charge in [0.1, 0.15) is 0 Å². The highest BCUT2D eigenvalue weighted by molar-refractivity contribution is 7.89. The molecule has 72 valence electrons. The molecule has 1 aromatic heterocycles. The summed E-state index contributed by atoms with van der Waals surface area (Å²) < 4.78 is 23.6. The van der Waals surface area contributed by atoms with Gasteiger partial charge in [0, 0.05) is 6.20 Å². The predicted octanol–water partition coefficient (Wildman–Crippen LogP) is 0.482. The summed E-state index contributed by atoms with van der Waals surface area (Å²) in [6.45, 7) is 3.51. The van der Waals surface area contributed by atoms with Gasteiger partial charge in [-0.1, -0.05) is 6.08 Å². The monoisotopic (exact) mass is 200 g/mol. The van der Waals surface area contributed by atoms with Crippen molar-refractivity contribution < 1.29 is 8.42 Å². The molecule has 0 radical (unpaired) electrons. The SMILES string of the molecule is C=CC(N)c1cccn1S(C)(=O)=O. The first-order valence-electron chi connectivity index (χ1n) is 3.72. The highest BCUT2D eigenvalue weighted by atomic mass is 32.2. The molecule has 1 heterocycles. The van der Waals surface area contributed by atoms with Crippen molar-refractivity contribution in [2.45, 2.75) is 6.04 Å². The van der Waals surface area contributed by atoms with E-state index in [9.17, 15) is 8.42 Å². The van der Waals surface area contributed by atoms with Crippen LogP contribution in [0.25, 0.3) is 0 Å². The highest BCUT2D eigenvalue weighted by Gasteiger charge is 2.13. The first-order valence-corrected chi connectivity index (χ1v) is 5.57. The van der Waals surface area contributed by atoms with E-state index in [-0.39, 0.29) is 0 Å². The first kappa shape index (κ1) is 10.0. The van der Waals surface area contributed by atoms with Crippen LogP contribution < -0.4 is 5.73 Å². The average molecular weight is 200 g/mol. The van der Waals surface area contributed by atoms with Crippen molar-refractivity contribution in [1.29, 1.82) is 0 Å². The predicted molar refractivity (Wildman–Crippen MR) is 51.8 cm³/mol. The standard InChI is InChI=1S/C8H12N2O2S/c1-3-7(9)8-5-4-6-10(8)13(2,11)12/h3-7H,1,9H2,2H3. The van der Waals surface area contributed by atoms with Crippen molar-refractivity contribution >= 4 is 10.0 Å². The van der Waals surface area contributed by atoms with E-state index in [1.54, 1.807) is 12.1 Å². The Morgan fingerprint density at radius 2 is 2.31 bits per heavy atom. The zero-order valence-corrected chi connectivity index (χ0v) is 8.16. The van der Waals surface area contributed by atoms with E-state index in [1.165, 1.54) is 12.3 Å². The smallest absolute Gasteiger partial charge is 0.235 e. The summed E-state index contributed by atoms with van der Waals surface area (Å²) in [5.41, 5.74) is 6.16. The minimum absolute atomic E-state index is 0.454. The summed E-state index contributed by atoms with van der Waals surface area (Å²) in [7, 11) is -3.26. The fraction of sp³-hybridized carbons (Fsp3) is 0.250. The van der Waals surface area contributed by atoms with E-state index < -0.39 is 16.1 Å². The lowest BCUT2D eigenvalue weighted by molar-refractivity contribution is 0.590. The topological polar surface area (TPSA) is 65.1 Å². The Balaban J connectivity index is 3.25. The van der Waals surface area contributed by atoms with Crippen LogP contribution in [0.3, 0.4) is 0 Å². The van der Waals surface area contributed by atoms with Crippen molar-refractivity contribution in [2.75, 3.05) is 6.26 Å². The minimum atomic E-state index is -3.26. The van der Waals surface area contributed by atoms with E-state index >= 15 is 0 Å². The van der Waals surface area contributed by atoms with Crippen LogP contribution >= 0.6 is 0 Å². The maximum Gasteiger partial charge on any atom is 0.235 e. The van der Waals surface area contributed by atoms with E-state index in [2.05, 4.69) is 6.58 Å². The first-order chi connectivity index (χ1) is 5.96. The molecule has 1 atom stereocenters. The van der Waals surface area contributed by atoms with Crippen LogP contribution in [0.5, 0.6) is 0 Å². The van der Waals surface area contributed by atoms with E-state index in [1.807, 2.05) is 0 Å². The fourth-order valence-electron chi connectivity index (χ4n) is 1.06. The average Bonchev–Trinajstić information content (AvgIpc) is 2.49. The molecule has 0 fully saturated rings. The molecule has 0 spiro atoms. The molecule has 0 aliphatic rings. The van der Waals surface area contributed by atoms with E-state index in [0.29, 0.717) is 5.69 Å². The molecule has 0 saturated heterocycles. The lowest BCUT2D eigenvalue weighted by Crippen LogP contribution is -2.18. The maximum atomic E-state index is 11.2. The van der Waals surface area contributed by atoms with Crippen LogP contribution in [0, 0.1) is 0 Å². The molecule has 1 unspecified atom stereocenters. The lowest BCUT2D eigenvalue weighted by atomic mass is 10.2. The van der Waals surface area contributed by atoms with Gasteiger partial charge in [-0.2, -0.15) is 0 Å². The molecule has 1 rings (SSSR count). The Kier molecular flexibility index (Phi) is 2.58. The zero-order valence-electron chi connectivity index (χ0n) is 7.34. The second kappa shape index (κ2) is 3.35. The number of nitrogens with two attached hydrogens (primary N) is 1. The third kappa shape index (κ3) is 1.99. The third-order valence-electron chi connectivity index (χ3n) is 1.70. The Hall–Kier alpha value is -1.07. The lowest BCUT2D eigenvalue weighted by Gasteiger charge is -2.09. The Morgan fingerprint density at radius 1 is 1.69 bits per heavy atom. The summed E-state index contributed by atoms with van der Waals surface area (Å²) >= 11 is 0. The molecule has 2 N–H and O–H groups in total. The number of hydrogen-bond acceptors (Lipinski definition) is 3. The number of hydrogen-bond donors (Lipinski definition) is 1. The van der Waals surface area contributed by atoms with Gasteiger partial charge in [-0.15, -0.1) is 6.58 Å². The molecule has 0 saturated carbocycles. The van der Waals surface area contributed by atoms with E-state index in [0.717, 1.165) is 10.2 Å². The van der Waals surface area contributed by atoms with Gasteiger partial charge >= 0.3 is 0 Å². The fourth-order valence-corrected chi connectivity index (χ4v) is 1.92. The number of rotatable bonds is 3. The molecule has 0 bridgehead atoms. The van der Waals surface area contributed by atoms with Crippen molar-refractivity contribution in [2.24, 2.45) is 5.73 Å². The molecule has 0 amide bonds. The maximum absolute atomic E-state index is 11.2. The molecule has 13 heavy (non-hydrogen) atoms. The van der Waals surface area contributed by atoms with Crippen molar-refractivity contribution in [1.82, 2.24) is 3.97 Å². The van der Waals surface area contributed by atoms with Crippen LogP contribution in [-0.2, 0) is 10.0 Å². The summed E-state index contributed by atoms with van der Waals surface area (Å²) in [5, 5.41) is 0. The number of nitrogens with zero attached hydrogens (tertiary/aromatic N) is 1. The summed E-state index contributed by atoms with van der Waals surface area (Å²) in [5.74, 6) is 0.